The fourth-order valence-electron chi connectivity index (χ4n) is 1.71. The maximum absolute atomic E-state index is 11.3. The molecule has 0 saturated heterocycles. The van der Waals surface area contributed by atoms with Crippen molar-refractivity contribution >= 4 is 5.97 Å². The zero-order valence-corrected chi connectivity index (χ0v) is 9.36. The minimum absolute atomic E-state index is 0.697. The number of carbonyl (C=O) groups is 1. The Morgan fingerprint density at radius 1 is 1.33 bits per heavy atom. The van der Waals surface area contributed by atoms with Gasteiger partial charge in [0.25, 0.3) is 0 Å². The highest BCUT2D eigenvalue weighted by Crippen LogP contribution is 2.29. The van der Waals surface area contributed by atoms with E-state index in [1.807, 2.05) is 30.3 Å². The van der Waals surface area contributed by atoms with Crippen LogP contribution < -0.4 is 0 Å². The minimum Gasteiger partial charge on any atom is -0.481 e. The summed E-state index contributed by atoms with van der Waals surface area (Å²) in [6.07, 6.45) is 2.66. The Bertz CT molecular complexity index is 319. The van der Waals surface area contributed by atoms with E-state index in [1.165, 1.54) is 0 Å². The standard InChI is InChI=1S/C13H18O2/c1-3-4-10-13(2,12(14)15)11-8-6-5-7-9-11/h5-9H,3-4,10H2,1-2H3,(H,14,15)/t13-/m0/s1. The summed E-state index contributed by atoms with van der Waals surface area (Å²) in [4.78, 5) is 11.3. The number of unbranched alkanes of at least 4 members (excludes halogenated alkanes) is 1. The van der Waals surface area contributed by atoms with Gasteiger partial charge in [-0.1, -0.05) is 50.1 Å². The Morgan fingerprint density at radius 3 is 2.40 bits per heavy atom. The third kappa shape index (κ3) is 2.58. The zero-order valence-electron chi connectivity index (χ0n) is 9.36. The van der Waals surface area contributed by atoms with E-state index in [2.05, 4.69) is 6.92 Å². The Balaban J connectivity index is 2.96. The quantitative estimate of drug-likeness (QED) is 0.803. The van der Waals surface area contributed by atoms with Crippen LogP contribution in [0.15, 0.2) is 30.3 Å². The highest BCUT2D eigenvalue weighted by molar-refractivity contribution is 5.80. The van der Waals surface area contributed by atoms with Crippen molar-refractivity contribution in [2.45, 2.75) is 38.5 Å². The van der Waals surface area contributed by atoms with Crippen molar-refractivity contribution in [3.8, 4) is 0 Å². The van der Waals surface area contributed by atoms with E-state index in [4.69, 9.17) is 0 Å². The van der Waals surface area contributed by atoms with E-state index in [0.717, 1.165) is 18.4 Å². The van der Waals surface area contributed by atoms with E-state index in [1.54, 1.807) is 6.92 Å². The molecule has 0 unspecified atom stereocenters. The van der Waals surface area contributed by atoms with Crippen LogP contribution in [0.3, 0.4) is 0 Å². The van der Waals surface area contributed by atoms with Gasteiger partial charge in [0.2, 0.25) is 0 Å². The molecule has 1 N–H and O–H groups in total. The van der Waals surface area contributed by atoms with Crippen molar-refractivity contribution in [3.05, 3.63) is 35.9 Å². The maximum Gasteiger partial charge on any atom is 0.313 e. The van der Waals surface area contributed by atoms with Crippen LogP contribution in [0, 0.1) is 0 Å². The first-order valence-corrected chi connectivity index (χ1v) is 5.40. The lowest BCUT2D eigenvalue weighted by atomic mass is 9.78. The largest absolute Gasteiger partial charge is 0.481 e. The number of carboxylic acids is 1. The molecular weight excluding hydrogens is 188 g/mol. The second kappa shape index (κ2) is 4.96. The summed E-state index contributed by atoms with van der Waals surface area (Å²) in [6, 6.07) is 9.48. The van der Waals surface area contributed by atoms with Gasteiger partial charge in [-0.2, -0.15) is 0 Å². The van der Waals surface area contributed by atoms with Crippen molar-refractivity contribution in [2.75, 3.05) is 0 Å². The van der Waals surface area contributed by atoms with Gasteiger partial charge in [-0.3, -0.25) is 4.79 Å². The molecule has 1 aromatic rings. The van der Waals surface area contributed by atoms with Gasteiger partial charge in [-0.15, -0.1) is 0 Å². The SMILES string of the molecule is CCCC[C@](C)(C(=O)O)c1ccccc1. The van der Waals surface area contributed by atoms with Crippen LogP contribution >= 0.6 is 0 Å². The first kappa shape index (κ1) is 11.8. The number of carboxylic acid groups (broad SMARTS) is 1. The van der Waals surface area contributed by atoms with E-state index in [-0.39, 0.29) is 0 Å². The van der Waals surface area contributed by atoms with Crippen LogP contribution in [-0.4, -0.2) is 11.1 Å². The minimum atomic E-state index is -0.739. The first-order chi connectivity index (χ1) is 7.11. The summed E-state index contributed by atoms with van der Waals surface area (Å²) in [5, 5.41) is 9.31. The molecule has 0 spiro atoms. The van der Waals surface area contributed by atoms with Crippen molar-refractivity contribution in [3.63, 3.8) is 0 Å². The molecule has 0 heterocycles. The van der Waals surface area contributed by atoms with Gasteiger partial charge >= 0.3 is 5.97 Å². The second-order valence-electron chi connectivity index (χ2n) is 4.11. The van der Waals surface area contributed by atoms with Crippen LogP contribution in [-0.2, 0) is 10.2 Å². The van der Waals surface area contributed by atoms with E-state index < -0.39 is 11.4 Å². The molecule has 0 aliphatic rings. The van der Waals surface area contributed by atoms with E-state index in [9.17, 15) is 9.90 Å². The number of aliphatic carboxylic acids is 1. The fraction of sp³-hybridized carbons (Fsp3) is 0.462. The third-order valence-electron chi connectivity index (χ3n) is 2.91. The predicted molar refractivity (Wildman–Crippen MR) is 61.0 cm³/mol. The third-order valence-corrected chi connectivity index (χ3v) is 2.91. The molecule has 0 aliphatic carbocycles. The topological polar surface area (TPSA) is 37.3 Å². The number of hydrogen-bond acceptors (Lipinski definition) is 1. The molecule has 0 fully saturated rings. The van der Waals surface area contributed by atoms with E-state index in [0.29, 0.717) is 6.42 Å². The summed E-state index contributed by atoms with van der Waals surface area (Å²) in [7, 11) is 0. The maximum atomic E-state index is 11.3. The van der Waals surface area contributed by atoms with Gasteiger partial charge in [0.05, 0.1) is 5.41 Å². The van der Waals surface area contributed by atoms with Crippen LogP contribution in [0.25, 0.3) is 0 Å². The van der Waals surface area contributed by atoms with Crippen LogP contribution in [0.5, 0.6) is 0 Å². The molecule has 2 nitrogen and oxygen atoms in total. The zero-order chi connectivity index (χ0) is 11.3. The Kier molecular flexibility index (Phi) is 3.89. The van der Waals surface area contributed by atoms with Crippen LogP contribution in [0.1, 0.15) is 38.7 Å². The lowest BCUT2D eigenvalue weighted by Gasteiger charge is -2.25. The molecule has 0 aromatic heterocycles. The van der Waals surface area contributed by atoms with Crippen LogP contribution in [0.2, 0.25) is 0 Å². The van der Waals surface area contributed by atoms with Gasteiger partial charge in [-0.05, 0) is 18.9 Å². The number of benzene rings is 1. The summed E-state index contributed by atoms with van der Waals surface area (Å²) in [6.45, 7) is 3.88. The van der Waals surface area contributed by atoms with Crippen molar-refractivity contribution in [1.29, 1.82) is 0 Å². The highest BCUT2D eigenvalue weighted by Gasteiger charge is 2.33. The molecule has 1 rings (SSSR count). The molecule has 0 bridgehead atoms. The summed E-state index contributed by atoms with van der Waals surface area (Å²) < 4.78 is 0. The molecule has 1 atom stereocenters. The lowest BCUT2D eigenvalue weighted by Crippen LogP contribution is -2.32. The Hall–Kier alpha value is -1.31. The normalized spacial score (nSPS) is 14.5. The lowest BCUT2D eigenvalue weighted by molar-refractivity contribution is -0.143. The molecule has 1 aromatic carbocycles. The van der Waals surface area contributed by atoms with Crippen molar-refractivity contribution in [2.24, 2.45) is 0 Å². The molecular formula is C13H18O2. The number of hydrogen-bond donors (Lipinski definition) is 1. The number of rotatable bonds is 5. The summed E-state index contributed by atoms with van der Waals surface area (Å²) in [5.74, 6) is -0.734. The molecule has 0 amide bonds. The first-order valence-electron chi connectivity index (χ1n) is 5.40. The summed E-state index contributed by atoms with van der Waals surface area (Å²) >= 11 is 0. The monoisotopic (exact) mass is 206 g/mol. The smallest absolute Gasteiger partial charge is 0.313 e. The average Bonchev–Trinajstić information content (AvgIpc) is 2.27. The molecule has 0 aliphatic heterocycles. The second-order valence-corrected chi connectivity index (χ2v) is 4.11. The Labute approximate surface area is 90.9 Å². The molecule has 2 heteroatoms. The van der Waals surface area contributed by atoms with Gasteiger partial charge < -0.3 is 5.11 Å². The van der Waals surface area contributed by atoms with E-state index >= 15 is 0 Å². The Morgan fingerprint density at radius 2 is 1.93 bits per heavy atom. The van der Waals surface area contributed by atoms with Crippen LogP contribution in [0.4, 0.5) is 0 Å². The molecule has 0 radical (unpaired) electrons. The van der Waals surface area contributed by atoms with Gasteiger partial charge in [-0.25, -0.2) is 0 Å². The average molecular weight is 206 g/mol. The highest BCUT2D eigenvalue weighted by atomic mass is 16.4. The van der Waals surface area contributed by atoms with Gasteiger partial charge in [0.15, 0.2) is 0 Å². The molecule has 0 saturated carbocycles. The van der Waals surface area contributed by atoms with Gasteiger partial charge in [0.1, 0.15) is 0 Å². The molecule has 15 heavy (non-hydrogen) atoms. The fourth-order valence-corrected chi connectivity index (χ4v) is 1.71. The van der Waals surface area contributed by atoms with Crippen molar-refractivity contribution < 1.29 is 9.90 Å². The molecule has 82 valence electrons. The van der Waals surface area contributed by atoms with Gasteiger partial charge in [0, 0.05) is 0 Å². The summed E-state index contributed by atoms with van der Waals surface area (Å²) in [5.41, 5.74) is 0.156. The van der Waals surface area contributed by atoms with Crippen molar-refractivity contribution in [1.82, 2.24) is 0 Å². The predicted octanol–water partition coefficient (Wildman–Crippen LogP) is 3.22.